The quantitative estimate of drug-likeness (QED) is 0.606. The van der Waals surface area contributed by atoms with E-state index in [4.69, 9.17) is 10.6 Å². The van der Waals surface area contributed by atoms with Crippen molar-refractivity contribution in [1.82, 2.24) is 15.6 Å². The first-order chi connectivity index (χ1) is 8.35. The van der Waals surface area contributed by atoms with E-state index in [0.29, 0.717) is 0 Å². The summed E-state index contributed by atoms with van der Waals surface area (Å²) in [4.78, 5) is 0. The molecule has 5 heteroatoms. The minimum atomic E-state index is -0.101. The Hall–Kier alpha value is -1.98. The number of nitrogens with two attached hydrogens (primary N) is 1. The maximum absolute atomic E-state index is 5.58. The van der Waals surface area contributed by atoms with E-state index < -0.39 is 0 Å². The summed E-state index contributed by atoms with van der Waals surface area (Å²) in [6.07, 6.45) is 3.33. The number of aromatic nitrogens is 2. The summed E-state index contributed by atoms with van der Waals surface area (Å²) in [5.41, 5.74) is 4.77. The lowest BCUT2D eigenvalue weighted by Crippen LogP contribution is -2.28. The number of hydrogen-bond donors (Lipinski definition) is 2. The number of hydrogen-bond acceptors (Lipinski definition) is 5. The van der Waals surface area contributed by atoms with E-state index in [9.17, 15) is 0 Å². The van der Waals surface area contributed by atoms with Crippen LogP contribution in [-0.4, -0.2) is 17.3 Å². The van der Waals surface area contributed by atoms with Gasteiger partial charge in [-0.15, -0.1) is 0 Å². The van der Waals surface area contributed by atoms with E-state index in [2.05, 4.69) is 15.6 Å². The average molecular weight is 230 g/mol. The van der Waals surface area contributed by atoms with Gasteiger partial charge >= 0.3 is 0 Å². The Bertz CT molecular complexity index is 458. The molecule has 88 valence electrons. The highest BCUT2D eigenvalue weighted by Crippen LogP contribution is 2.22. The number of benzene rings is 1. The van der Waals surface area contributed by atoms with Crippen molar-refractivity contribution in [1.29, 1.82) is 0 Å². The molecule has 0 aliphatic carbocycles. The second kappa shape index (κ2) is 5.38. The highest BCUT2D eigenvalue weighted by Gasteiger charge is 2.12. The molecule has 2 rings (SSSR count). The largest absolute Gasteiger partial charge is 0.497 e. The van der Waals surface area contributed by atoms with Crippen molar-refractivity contribution in [3.63, 3.8) is 0 Å². The lowest BCUT2D eigenvalue weighted by molar-refractivity contribution is 0.414. The molecule has 1 unspecified atom stereocenters. The van der Waals surface area contributed by atoms with E-state index >= 15 is 0 Å². The molecule has 0 amide bonds. The predicted octanol–water partition coefficient (Wildman–Crippen LogP) is 1.04. The van der Waals surface area contributed by atoms with Crippen molar-refractivity contribution in [3.8, 4) is 5.75 Å². The maximum atomic E-state index is 5.58. The number of nitrogens with zero attached hydrogens (tertiary/aromatic N) is 2. The van der Waals surface area contributed by atoms with E-state index in [-0.39, 0.29) is 6.04 Å². The number of methoxy groups -OCH3 is 1. The molecule has 0 bridgehead atoms. The van der Waals surface area contributed by atoms with Crippen molar-refractivity contribution in [2.45, 2.75) is 6.04 Å². The summed E-state index contributed by atoms with van der Waals surface area (Å²) in [5, 5.41) is 7.59. The molecule has 3 N–H and O–H groups in total. The van der Waals surface area contributed by atoms with Crippen LogP contribution in [0, 0.1) is 0 Å². The SMILES string of the molecule is COc1ccc(C(NN)c2ccnnc2)cc1. The van der Waals surface area contributed by atoms with Crippen LogP contribution in [0.4, 0.5) is 0 Å². The smallest absolute Gasteiger partial charge is 0.118 e. The average Bonchev–Trinajstić information content (AvgIpc) is 2.42. The minimum absolute atomic E-state index is 0.101. The van der Waals surface area contributed by atoms with Gasteiger partial charge in [0.1, 0.15) is 5.75 Å². The first-order valence-corrected chi connectivity index (χ1v) is 5.22. The number of ether oxygens (including phenoxy) is 1. The van der Waals surface area contributed by atoms with E-state index in [1.165, 1.54) is 0 Å². The van der Waals surface area contributed by atoms with Gasteiger partial charge in [0.15, 0.2) is 0 Å². The van der Waals surface area contributed by atoms with Crippen molar-refractivity contribution < 1.29 is 4.74 Å². The molecule has 0 saturated heterocycles. The van der Waals surface area contributed by atoms with Crippen LogP contribution in [-0.2, 0) is 0 Å². The molecule has 0 spiro atoms. The van der Waals surface area contributed by atoms with Crippen LogP contribution in [0.5, 0.6) is 5.75 Å². The zero-order chi connectivity index (χ0) is 12.1. The van der Waals surface area contributed by atoms with Gasteiger partial charge in [0.05, 0.1) is 19.3 Å². The van der Waals surface area contributed by atoms with E-state index in [1.807, 2.05) is 30.3 Å². The van der Waals surface area contributed by atoms with E-state index in [0.717, 1.165) is 16.9 Å². The third kappa shape index (κ3) is 2.58. The summed E-state index contributed by atoms with van der Waals surface area (Å²) >= 11 is 0. The first kappa shape index (κ1) is 11.5. The Balaban J connectivity index is 2.29. The predicted molar refractivity (Wildman–Crippen MR) is 64.2 cm³/mol. The molecular formula is C12H14N4O. The Kier molecular flexibility index (Phi) is 3.64. The normalized spacial score (nSPS) is 12.1. The molecule has 0 aliphatic heterocycles. The number of nitrogens with one attached hydrogen (secondary N) is 1. The summed E-state index contributed by atoms with van der Waals surface area (Å²) in [7, 11) is 1.64. The van der Waals surface area contributed by atoms with Gasteiger partial charge in [-0.05, 0) is 29.3 Å². The number of rotatable bonds is 4. The molecule has 0 fully saturated rings. The summed E-state index contributed by atoms with van der Waals surface area (Å²) in [5.74, 6) is 6.39. The van der Waals surface area contributed by atoms with Crippen LogP contribution in [0.2, 0.25) is 0 Å². The van der Waals surface area contributed by atoms with Crippen LogP contribution in [0.15, 0.2) is 42.7 Å². The second-order valence-electron chi connectivity index (χ2n) is 3.55. The van der Waals surface area contributed by atoms with Gasteiger partial charge in [-0.1, -0.05) is 12.1 Å². The molecular weight excluding hydrogens is 216 g/mol. The van der Waals surface area contributed by atoms with Crippen molar-refractivity contribution in [2.75, 3.05) is 7.11 Å². The molecule has 1 heterocycles. The van der Waals surface area contributed by atoms with Crippen LogP contribution in [0.3, 0.4) is 0 Å². The molecule has 1 aromatic heterocycles. The van der Waals surface area contributed by atoms with Gasteiger partial charge < -0.3 is 4.74 Å². The maximum Gasteiger partial charge on any atom is 0.118 e. The van der Waals surface area contributed by atoms with Crippen LogP contribution < -0.4 is 16.0 Å². The third-order valence-corrected chi connectivity index (χ3v) is 2.56. The van der Waals surface area contributed by atoms with Crippen LogP contribution >= 0.6 is 0 Å². The van der Waals surface area contributed by atoms with Gasteiger partial charge in [-0.2, -0.15) is 10.2 Å². The lowest BCUT2D eigenvalue weighted by atomic mass is 10.0. The van der Waals surface area contributed by atoms with Gasteiger partial charge in [0.25, 0.3) is 0 Å². The van der Waals surface area contributed by atoms with Crippen molar-refractivity contribution in [3.05, 3.63) is 53.9 Å². The van der Waals surface area contributed by atoms with Gasteiger partial charge in [0.2, 0.25) is 0 Å². The standard InChI is InChI=1S/C12H14N4O/c1-17-11-4-2-9(3-5-11)12(16-13)10-6-7-14-15-8-10/h2-8,12,16H,13H2,1H3. The molecule has 1 aromatic carbocycles. The molecule has 2 aromatic rings. The van der Waals surface area contributed by atoms with Gasteiger partial charge in [-0.25, -0.2) is 5.43 Å². The van der Waals surface area contributed by atoms with Gasteiger partial charge in [0, 0.05) is 6.20 Å². The van der Waals surface area contributed by atoms with Gasteiger partial charge in [-0.3, -0.25) is 5.84 Å². The molecule has 0 aliphatic rings. The zero-order valence-corrected chi connectivity index (χ0v) is 9.50. The number of hydrazine groups is 1. The fourth-order valence-electron chi connectivity index (χ4n) is 1.65. The van der Waals surface area contributed by atoms with Crippen LogP contribution in [0.25, 0.3) is 0 Å². The van der Waals surface area contributed by atoms with E-state index in [1.54, 1.807) is 19.5 Å². The van der Waals surface area contributed by atoms with Crippen LogP contribution in [0.1, 0.15) is 17.2 Å². The molecule has 5 nitrogen and oxygen atoms in total. The zero-order valence-electron chi connectivity index (χ0n) is 9.50. The molecule has 0 radical (unpaired) electrons. The monoisotopic (exact) mass is 230 g/mol. The Morgan fingerprint density at radius 2 is 1.88 bits per heavy atom. The molecule has 17 heavy (non-hydrogen) atoms. The fraction of sp³-hybridized carbons (Fsp3) is 0.167. The summed E-state index contributed by atoms with van der Waals surface area (Å²) in [6, 6.07) is 9.49. The minimum Gasteiger partial charge on any atom is -0.497 e. The third-order valence-electron chi connectivity index (χ3n) is 2.56. The second-order valence-corrected chi connectivity index (χ2v) is 3.55. The summed E-state index contributed by atoms with van der Waals surface area (Å²) in [6.45, 7) is 0. The first-order valence-electron chi connectivity index (χ1n) is 5.22. The van der Waals surface area contributed by atoms with Crippen molar-refractivity contribution in [2.24, 2.45) is 5.84 Å². The summed E-state index contributed by atoms with van der Waals surface area (Å²) < 4.78 is 5.11. The highest BCUT2D eigenvalue weighted by molar-refractivity contribution is 5.34. The Labute approximate surface area is 99.6 Å². The molecule has 0 saturated carbocycles. The Morgan fingerprint density at radius 3 is 2.41 bits per heavy atom. The topological polar surface area (TPSA) is 73.1 Å². The molecule has 1 atom stereocenters. The van der Waals surface area contributed by atoms with Crippen molar-refractivity contribution >= 4 is 0 Å². The Morgan fingerprint density at radius 1 is 1.12 bits per heavy atom. The fourth-order valence-corrected chi connectivity index (χ4v) is 1.65. The highest BCUT2D eigenvalue weighted by atomic mass is 16.5. The lowest BCUT2D eigenvalue weighted by Gasteiger charge is -2.16.